The SMILES string of the molecule is CC(=O)[C@@H](C)CC[C@@H]1O[C@@]2(CC[C@H]1C)CC[C@H](C)[C@H]([C@H](C)CCCO)O2. The minimum atomic E-state index is -0.429. The fraction of sp³-hybridized carbons (Fsp3) is 0.955. The van der Waals surface area contributed by atoms with Crippen molar-refractivity contribution in [2.24, 2.45) is 23.7 Å². The van der Waals surface area contributed by atoms with Gasteiger partial charge in [-0.05, 0) is 63.2 Å². The second kappa shape index (κ2) is 9.66. The molecule has 2 aliphatic rings. The number of ether oxygens (including phenoxy) is 2. The van der Waals surface area contributed by atoms with Crippen molar-refractivity contribution in [1.82, 2.24) is 0 Å². The fourth-order valence-electron chi connectivity index (χ4n) is 4.61. The van der Waals surface area contributed by atoms with Gasteiger partial charge in [0.1, 0.15) is 5.78 Å². The summed E-state index contributed by atoms with van der Waals surface area (Å²) >= 11 is 0. The molecule has 0 aromatic heterocycles. The molecule has 2 fully saturated rings. The van der Waals surface area contributed by atoms with Crippen molar-refractivity contribution < 1.29 is 19.4 Å². The van der Waals surface area contributed by atoms with Crippen molar-refractivity contribution in [3.8, 4) is 0 Å². The predicted molar refractivity (Wildman–Crippen MR) is 104 cm³/mol. The van der Waals surface area contributed by atoms with Crippen LogP contribution in [0.15, 0.2) is 0 Å². The standard InChI is InChI=1S/C22H40O4/c1-15(19(5)24)8-9-20-16(2)10-12-22(25-20)13-11-18(4)21(26-22)17(3)7-6-14-23/h15-18,20-21,23H,6-14H2,1-5H3/t15-,16+,17+,18-,20-,21-,22+/m0/s1. The van der Waals surface area contributed by atoms with Gasteiger partial charge in [0.05, 0.1) is 12.2 Å². The summed E-state index contributed by atoms with van der Waals surface area (Å²) in [4.78, 5) is 11.6. The van der Waals surface area contributed by atoms with Gasteiger partial charge in [-0.2, -0.15) is 0 Å². The number of ketones is 1. The van der Waals surface area contributed by atoms with Gasteiger partial charge in [-0.15, -0.1) is 0 Å². The van der Waals surface area contributed by atoms with Crippen LogP contribution in [0.4, 0.5) is 0 Å². The Bertz CT molecular complexity index is 447. The molecule has 7 atom stereocenters. The topological polar surface area (TPSA) is 55.8 Å². The first kappa shape index (κ1) is 21.8. The van der Waals surface area contributed by atoms with Crippen LogP contribution in [-0.4, -0.2) is 35.5 Å². The Morgan fingerprint density at radius 3 is 2.38 bits per heavy atom. The normalized spacial score (nSPS) is 37.5. The number of aliphatic hydroxyl groups is 1. The third kappa shape index (κ3) is 5.53. The second-order valence-corrected chi connectivity index (χ2v) is 9.11. The lowest BCUT2D eigenvalue weighted by Gasteiger charge is -2.51. The first-order valence-electron chi connectivity index (χ1n) is 10.7. The van der Waals surface area contributed by atoms with E-state index in [0.717, 1.165) is 51.4 Å². The molecule has 152 valence electrons. The molecule has 1 N–H and O–H groups in total. The lowest BCUT2D eigenvalue weighted by atomic mass is 9.80. The molecule has 0 aromatic carbocycles. The van der Waals surface area contributed by atoms with Gasteiger partial charge >= 0.3 is 0 Å². The van der Waals surface area contributed by atoms with Crippen LogP contribution in [0.5, 0.6) is 0 Å². The molecule has 0 amide bonds. The van der Waals surface area contributed by atoms with Crippen molar-refractivity contribution in [3.63, 3.8) is 0 Å². The molecule has 2 rings (SSSR count). The molecule has 2 heterocycles. The van der Waals surface area contributed by atoms with E-state index < -0.39 is 5.79 Å². The number of hydrogen-bond acceptors (Lipinski definition) is 4. The van der Waals surface area contributed by atoms with Gasteiger partial charge in [-0.25, -0.2) is 0 Å². The van der Waals surface area contributed by atoms with Crippen LogP contribution in [-0.2, 0) is 14.3 Å². The molecule has 0 radical (unpaired) electrons. The quantitative estimate of drug-likeness (QED) is 0.673. The molecular weight excluding hydrogens is 328 g/mol. The van der Waals surface area contributed by atoms with Crippen LogP contribution in [0.25, 0.3) is 0 Å². The Morgan fingerprint density at radius 2 is 1.77 bits per heavy atom. The van der Waals surface area contributed by atoms with Gasteiger partial charge in [0.2, 0.25) is 0 Å². The molecule has 0 aromatic rings. The average molecular weight is 369 g/mol. The first-order valence-corrected chi connectivity index (χ1v) is 10.7. The molecule has 2 saturated heterocycles. The van der Waals surface area contributed by atoms with Crippen molar-refractivity contribution in [3.05, 3.63) is 0 Å². The number of Topliss-reactive ketones (excluding diaryl/α,β-unsaturated/α-hetero) is 1. The van der Waals surface area contributed by atoms with E-state index in [1.54, 1.807) is 6.92 Å². The Kier molecular flexibility index (Phi) is 8.11. The van der Waals surface area contributed by atoms with Gasteiger partial charge in [0.25, 0.3) is 0 Å². The minimum Gasteiger partial charge on any atom is -0.396 e. The summed E-state index contributed by atoms with van der Waals surface area (Å²) in [6.45, 7) is 10.7. The van der Waals surface area contributed by atoms with Gasteiger partial charge < -0.3 is 14.6 Å². The van der Waals surface area contributed by atoms with Crippen LogP contribution in [0, 0.1) is 23.7 Å². The second-order valence-electron chi connectivity index (χ2n) is 9.11. The van der Waals surface area contributed by atoms with E-state index in [1.165, 1.54) is 0 Å². The third-order valence-electron chi connectivity index (χ3n) is 6.83. The molecule has 4 heteroatoms. The van der Waals surface area contributed by atoms with Crippen LogP contribution in [0.2, 0.25) is 0 Å². The van der Waals surface area contributed by atoms with Crippen molar-refractivity contribution in [1.29, 1.82) is 0 Å². The highest BCUT2D eigenvalue weighted by atomic mass is 16.7. The molecule has 26 heavy (non-hydrogen) atoms. The van der Waals surface area contributed by atoms with E-state index in [4.69, 9.17) is 14.6 Å². The number of hydrogen-bond donors (Lipinski definition) is 1. The zero-order chi connectivity index (χ0) is 19.3. The minimum absolute atomic E-state index is 0.113. The molecule has 4 nitrogen and oxygen atoms in total. The van der Waals surface area contributed by atoms with E-state index in [0.29, 0.717) is 17.8 Å². The third-order valence-corrected chi connectivity index (χ3v) is 6.83. The molecule has 0 aliphatic carbocycles. The number of carbonyl (C=O) groups is 1. The van der Waals surface area contributed by atoms with E-state index in [1.807, 2.05) is 6.92 Å². The van der Waals surface area contributed by atoms with E-state index in [9.17, 15) is 4.79 Å². The molecular formula is C22H40O4. The molecule has 0 unspecified atom stereocenters. The maximum atomic E-state index is 11.6. The van der Waals surface area contributed by atoms with Crippen molar-refractivity contribution in [2.75, 3.05) is 6.61 Å². The molecule has 0 bridgehead atoms. The van der Waals surface area contributed by atoms with Gasteiger partial charge in [-0.3, -0.25) is 4.79 Å². The summed E-state index contributed by atoms with van der Waals surface area (Å²) in [5, 5.41) is 9.14. The number of rotatable bonds is 8. The highest BCUT2D eigenvalue weighted by Crippen LogP contribution is 2.45. The summed E-state index contributed by atoms with van der Waals surface area (Å²) in [6.07, 6.45) is 8.28. The molecule has 2 aliphatic heterocycles. The van der Waals surface area contributed by atoms with Gasteiger partial charge in [0.15, 0.2) is 5.79 Å². The summed E-state index contributed by atoms with van der Waals surface area (Å²) in [7, 11) is 0. The van der Waals surface area contributed by atoms with Crippen LogP contribution in [0.1, 0.15) is 86.0 Å². The smallest absolute Gasteiger partial charge is 0.169 e. The van der Waals surface area contributed by atoms with Gasteiger partial charge in [0, 0.05) is 25.4 Å². The lowest BCUT2D eigenvalue weighted by Crippen LogP contribution is -2.53. The number of aliphatic hydroxyl groups excluding tert-OH is 1. The Labute approximate surface area is 160 Å². The highest BCUT2D eigenvalue weighted by molar-refractivity contribution is 5.77. The van der Waals surface area contributed by atoms with Crippen molar-refractivity contribution in [2.45, 2.75) is 104 Å². The summed E-state index contributed by atoms with van der Waals surface area (Å²) < 4.78 is 13.3. The summed E-state index contributed by atoms with van der Waals surface area (Å²) in [6, 6.07) is 0. The molecule has 1 spiro atoms. The monoisotopic (exact) mass is 368 g/mol. The zero-order valence-electron chi connectivity index (χ0n) is 17.5. The maximum absolute atomic E-state index is 11.6. The van der Waals surface area contributed by atoms with Gasteiger partial charge in [-0.1, -0.05) is 27.7 Å². The zero-order valence-corrected chi connectivity index (χ0v) is 17.5. The van der Waals surface area contributed by atoms with Crippen LogP contribution >= 0.6 is 0 Å². The highest BCUT2D eigenvalue weighted by Gasteiger charge is 2.47. The van der Waals surface area contributed by atoms with Crippen molar-refractivity contribution >= 4 is 5.78 Å². The fourth-order valence-corrected chi connectivity index (χ4v) is 4.61. The van der Waals surface area contributed by atoms with E-state index >= 15 is 0 Å². The maximum Gasteiger partial charge on any atom is 0.169 e. The molecule has 0 saturated carbocycles. The Balaban J connectivity index is 1.99. The van der Waals surface area contributed by atoms with E-state index in [2.05, 4.69) is 20.8 Å². The summed E-state index contributed by atoms with van der Waals surface area (Å²) in [5.41, 5.74) is 0. The predicted octanol–water partition coefficient (Wildman–Crippen LogP) is 4.73. The Morgan fingerprint density at radius 1 is 1.12 bits per heavy atom. The lowest BCUT2D eigenvalue weighted by molar-refractivity contribution is -0.338. The summed E-state index contributed by atoms with van der Waals surface area (Å²) in [5.74, 6) is 1.45. The number of carbonyl (C=O) groups excluding carboxylic acids is 1. The largest absolute Gasteiger partial charge is 0.396 e. The first-order chi connectivity index (χ1) is 12.3. The van der Waals surface area contributed by atoms with Crippen LogP contribution < -0.4 is 0 Å². The van der Waals surface area contributed by atoms with E-state index in [-0.39, 0.29) is 30.5 Å². The Hall–Kier alpha value is -0.450. The van der Waals surface area contributed by atoms with Crippen LogP contribution in [0.3, 0.4) is 0 Å². The average Bonchev–Trinajstić information content (AvgIpc) is 2.62.